The minimum absolute atomic E-state index is 0.104. The van der Waals surface area contributed by atoms with Crippen molar-refractivity contribution in [3.63, 3.8) is 0 Å². The molecule has 0 unspecified atom stereocenters. The van der Waals surface area contributed by atoms with Gasteiger partial charge in [0.25, 0.3) is 17.2 Å². The zero-order valence-electron chi connectivity index (χ0n) is 23.3. The average molecular weight is 607 g/mol. The van der Waals surface area contributed by atoms with Gasteiger partial charge in [-0.05, 0) is 56.7 Å². The molecule has 3 heterocycles. The number of furan rings is 1. The SMILES string of the molecule is CCN(CC)C(=O)C1=C(C)N=c2s/c(=C/c3ccc(-c4ccc([N+](=O)[O-])cc4OC)o3)c(=O)n2[C@@H]1c1ccc(Cl)cc1. The van der Waals surface area contributed by atoms with Gasteiger partial charge in [0, 0.05) is 30.3 Å². The number of likely N-dealkylation sites (N-methyl/N-ethyl adjacent to an activating group) is 1. The van der Waals surface area contributed by atoms with Gasteiger partial charge >= 0.3 is 0 Å². The van der Waals surface area contributed by atoms with Crippen molar-refractivity contribution >= 4 is 40.6 Å². The Morgan fingerprint density at radius 3 is 2.55 bits per heavy atom. The van der Waals surface area contributed by atoms with Crippen molar-refractivity contribution in [1.82, 2.24) is 9.47 Å². The van der Waals surface area contributed by atoms with Gasteiger partial charge in [-0.1, -0.05) is 35.1 Å². The van der Waals surface area contributed by atoms with E-state index in [0.717, 1.165) is 5.56 Å². The molecule has 0 spiro atoms. The van der Waals surface area contributed by atoms with Crippen molar-refractivity contribution in [2.24, 2.45) is 4.99 Å². The van der Waals surface area contributed by atoms with Gasteiger partial charge in [-0.15, -0.1) is 0 Å². The van der Waals surface area contributed by atoms with E-state index < -0.39 is 11.0 Å². The third-order valence-corrected chi connectivity index (χ3v) is 8.28. The van der Waals surface area contributed by atoms with E-state index in [0.29, 0.717) is 55.8 Å². The van der Waals surface area contributed by atoms with E-state index in [-0.39, 0.29) is 22.9 Å². The number of rotatable bonds is 8. The lowest BCUT2D eigenvalue weighted by Crippen LogP contribution is -2.43. The molecule has 42 heavy (non-hydrogen) atoms. The molecule has 10 nitrogen and oxygen atoms in total. The van der Waals surface area contributed by atoms with Gasteiger partial charge in [0.15, 0.2) is 4.80 Å². The van der Waals surface area contributed by atoms with Crippen LogP contribution in [0.2, 0.25) is 5.02 Å². The first-order chi connectivity index (χ1) is 20.2. The summed E-state index contributed by atoms with van der Waals surface area (Å²) in [5.74, 6) is 0.924. The Balaban J connectivity index is 1.62. The maximum atomic E-state index is 13.9. The van der Waals surface area contributed by atoms with Crippen LogP contribution >= 0.6 is 22.9 Å². The molecule has 0 fully saturated rings. The fraction of sp³-hybridized carbons (Fsp3) is 0.233. The van der Waals surface area contributed by atoms with Crippen LogP contribution in [0.15, 0.2) is 80.1 Å². The molecule has 0 N–H and O–H groups in total. The van der Waals surface area contributed by atoms with Crippen molar-refractivity contribution in [2.75, 3.05) is 20.2 Å². The third kappa shape index (κ3) is 5.28. The van der Waals surface area contributed by atoms with Gasteiger partial charge in [-0.3, -0.25) is 24.3 Å². The van der Waals surface area contributed by atoms with Crippen LogP contribution in [0.3, 0.4) is 0 Å². The van der Waals surface area contributed by atoms with Crippen LogP contribution in [0.4, 0.5) is 5.69 Å². The van der Waals surface area contributed by atoms with Crippen LogP contribution in [0.25, 0.3) is 17.4 Å². The minimum atomic E-state index is -0.690. The van der Waals surface area contributed by atoms with E-state index >= 15 is 0 Å². The summed E-state index contributed by atoms with van der Waals surface area (Å²) >= 11 is 7.36. The average Bonchev–Trinajstić information content (AvgIpc) is 3.56. The number of nitro benzene ring substituents is 1. The normalized spacial score (nSPS) is 14.9. The molecule has 2 aromatic heterocycles. The van der Waals surface area contributed by atoms with Crippen molar-refractivity contribution < 1.29 is 18.9 Å². The topological polar surface area (TPSA) is 120 Å². The molecular weight excluding hydrogens is 580 g/mol. The van der Waals surface area contributed by atoms with E-state index in [1.54, 1.807) is 52.8 Å². The number of ether oxygens (including phenoxy) is 1. The van der Waals surface area contributed by atoms with E-state index in [1.807, 2.05) is 26.0 Å². The second-order valence-electron chi connectivity index (χ2n) is 9.45. The Morgan fingerprint density at radius 1 is 1.19 bits per heavy atom. The number of nitrogens with zero attached hydrogens (tertiary/aromatic N) is 4. The van der Waals surface area contributed by atoms with Crippen LogP contribution in [-0.2, 0) is 4.79 Å². The zero-order chi connectivity index (χ0) is 30.1. The van der Waals surface area contributed by atoms with Gasteiger partial charge < -0.3 is 14.1 Å². The molecule has 0 aliphatic carbocycles. The molecule has 2 aromatic carbocycles. The molecule has 0 saturated carbocycles. The Hall–Kier alpha value is -4.48. The highest BCUT2D eigenvalue weighted by Gasteiger charge is 2.34. The van der Waals surface area contributed by atoms with Gasteiger partial charge in [-0.25, -0.2) is 4.99 Å². The number of nitro groups is 1. The van der Waals surface area contributed by atoms with Crippen LogP contribution in [0.1, 0.15) is 38.1 Å². The molecule has 5 rings (SSSR count). The molecule has 1 atom stereocenters. The van der Waals surface area contributed by atoms with E-state index in [2.05, 4.69) is 4.99 Å². The quantitative estimate of drug-likeness (QED) is 0.207. The number of hydrogen-bond donors (Lipinski definition) is 0. The fourth-order valence-electron chi connectivity index (χ4n) is 4.94. The van der Waals surface area contributed by atoms with Crippen LogP contribution in [-0.4, -0.2) is 40.5 Å². The summed E-state index contributed by atoms with van der Waals surface area (Å²) in [6, 6.07) is 14.1. The summed E-state index contributed by atoms with van der Waals surface area (Å²) in [5, 5.41) is 11.7. The Kier molecular flexibility index (Phi) is 8.15. The lowest BCUT2D eigenvalue weighted by Gasteiger charge is -2.29. The molecule has 0 saturated heterocycles. The van der Waals surface area contributed by atoms with Crippen molar-refractivity contribution in [2.45, 2.75) is 26.8 Å². The summed E-state index contributed by atoms with van der Waals surface area (Å²) < 4.78 is 13.3. The summed E-state index contributed by atoms with van der Waals surface area (Å²) in [6.45, 7) is 6.64. The molecule has 12 heteroatoms. The van der Waals surface area contributed by atoms with E-state index in [4.69, 9.17) is 20.8 Å². The van der Waals surface area contributed by atoms with Crippen molar-refractivity contribution in [3.05, 3.63) is 112 Å². The number of non-ortho nitro benzene ring substituents is 1. The standard InChI is InChI=1S/C30H27ClN4O6S/c1-5-33(6-2)29(37)26-17(3)32-30-34(27(26)18-7-9-19(31)10-8-18)28(36)25(42-30)16-21-12-14-23(41-21)22-13-11-20(35(38)39)15-24(22)40-4/h7-16,27H,5-6H2,1-4H3/b25-16+/t27-/m1/s1. The maximum Gasteiger partial charge on any atom is 0.273 e. The highest BCUT2D eigenvalue weighted by molar-refractivity contribution is 7.07. The monoisotopic (exact) mass is 606 g/mol. The minimum Gasteiger partial charge on any atom is -0.496 e. The second-order valence-corrected chi connectivity index (χ2v) is 10.9. The van der Waals surface area contributed by atoms with Crippen molar-refractivity contribution in [3.8, 4) is 17.1 Å². The van der Waals surface area contributed by atoms with Crippen molar-refractivity contribution in [1.29, 1.82) is 0 Å². The van der Waals surface area contributed by atoms with Gasteiger partial charge in [0.2, 0.25) is 0 Å². The van der Waals surface area contributed by atoms with Crippen LogP contribution in [0.5, 0.6) is 5.75 Å². The van der Waals surface area contributed by atoms with E-state index in [9.17, 15) is 19.7 Å². The number of thiazole rings is 1. The molecular formula is C30H27ClN4O6S. The molecule has 1 aliphatic heterocycles. The smallest absolute Gasteiger partial charge is 0.273 e. The summed E-state index contributed by atoms with van der Waals surface area (Å²) in [5.41, 5.74) is 1.83. The number of benzene rings is 2. The second kappa shape index (κ2) is 11.8. The number of fused-ring (bicyclic) bond motifs is 1. The highest BCUT2D eigenvalue weighted by atomic mass is 35.5. The third-order valence-electron chi connectivity index (χ3n) is 7.05. The molecule has 4 aromatic rings. The number of carbonyl (C=O) groups is 1. The number of aromatic nitrogens is 1. The number of amides is 1. The molecule has 1 aliphatic rings. The first-order valence-electron chi connectivity index (χ1n) is 13.2. The maximum absolute atomic E-state index is 13.9. The fourth-order valence-corrected chi connectivity index (χ4v) is 6.09. The number of halogens is 1. The van der Waals surface area contributed by atoms with E-state index in [1.165, 1.54) is 30.6 Å². The van der Waals surface area contributed by atoms with Gasteiger partial charge in [0.1, 0.15) is 17.3 Å². The molecule has 0 radical (unpaired) electrons. The Labute approximate surface area is 249 Å². The van der Waals surface area contributed by atoms with Gasteiger partial charge in [-0.2, -0.15) is 0 Å². The zero-order valence-corrected chi connectivity index (χ0v) is 24.9. The Morgan fingerprint density at radius 2 is 1.90 bits per heavy atom. The lowest BCUT2D eigenvalue weighted by atomic mass is 9.94. The lowest BCUT2D eigenvalue weighted by molar-refractivity contribution is -0.384. The first kappa shape index (κ1) is 29.0. The number of allylic oxidation sites excluding steroid dienone is 1. The predicted molar refractivity (Wildman–Crippen MR) is 160 cm³/mol. The van der Waals surface area contributed by atoms with Crippen LogP contribution < -0.4 is 19.6 Å². The summed E-state index contributed by atoms with van der Waals surface area (Å²) in [6.07, 6.45) is 1.62. The summed E-state index contributed by atoms with van der Waals surface area (Å²) in [4.78, 5) is 45.1. The summed E-state index contributed by atoms with van der Waals surface area (Å²) in [7, 11) is 1.42. The van der Waals surface area contributed by atoms with Gasteiger partial charge in [0.05, 0.1) is 45.5 Å². The highest BCUT2D eigenvalue weighted by Crippen LogP contribution is 2.35. The number of carbonyl (C=O) groups excluding carboxylic acids is 1. The number of hydrogen-bond acceptors (Lipinski definition) is 8. The predicted octanol–water partition coefficient (Wildman–Crippen LogP) is 4.93. The molecule has 0 bridgehead atoms. The first-order valence-corrected chi connectivity index (χ1v) is 14.4. The molecule has 1 amide bonds. The molecule has 216 valence electrons. The largest absolute Gasteiger partial charge is 0.496 e. The number of methoxy groups -OCH3 is 1. The Bertz CT molecular complexity index is 1900. The van der Waals surface area contributed by atoms with Crippen LogP contribution in [0, 0.1) is 10.1 Å².